The maximum atomic E-state index is 12.8. The van der Waals surface area contributed by atoms with Gasteiger partial charge in [0.05, 0.1) is 17.4 Å². The van der Waals surface area contributed by atoms with Crippen molar-refractivity contribution in [1.29, 1.82) is 0 Å². The molecule has 0 aromatic heterocycles. The van der Waals surface area contributed by atoms with Crippen molar-refractivity contribution in [2.45, 2.75) is 36.4 Å². The SMILES string of the molecule is CS(=O)(=O)c1ccc(CC(=O)N2C[C@H](O)C[C@H]2C(=O)NCc2ccc(Cl)cc2)cc1. The van der Waals surface area contributed by atoms with Crippen LogP contribution >= 0.6 is 11.6 Å². The zero-order chi connectivity index (χ0) is 21.9. The van der Waals surface area contributed by atoms with E-state index < -0.39 is 22.0 Å². The fourth-order valence-corrected chi connectivity index (χ4v) is 4.13. The fraction of sp³-hybridized carbons (Fsp3) is 0.333. The lowest BCUT2D eigenvalue weighted by Crippen LogP contribution is -2.46. The second-order valence-electron chi connectivity index (χ2n) is 7.39. The summed E-state index contributed by atoms with van der Waals surface area (Å²) in [5, 5.41) is 13.4. The Kier molecular flexibility index (Phi) is 6.80. The molecule has 1 aliphatic rings. The molecule has 0 spiro atoms. The molecule has 9 heteroatoms. The molecule has 1 fully saturated rings. The molecule has 2 N–H and O–H groups in total. The number of halogens is 1. The lowest BCUT2D eigenvalue weighted by molar-refractivity contribution is -0.138. The van der Waals surface area contributed by atoms with E-state index in [-0.39, 0.29) is 42.6 Å². The van der Waals surface area contributed by atoms with Crippen LogP contribution in [-0.4, -0.2) is 55.2 Å². The summed E-state index contributed by atoms with van der Waals surface area (Å²) in [5.74, 6) is -0.632. The van der Waals surface area contributed by atoms with Crippen molar-refractivity contribution in [1.82, 2.24) is 10.2 Å². The van der Waals surface area contributed by atoms with E-state index >= 15 is 0 Å². The third-order valence-corrected chi connectivity index (χ3v) is 6.37. The van der Waals surface area contributed by atoms with Gasteiger partial charge < -0.3 is 15.3 Å². The second-order valence-corrected chi connectivity index (χ2v) is 9.84. The summed E-state index contributed by atoms with van der Waals surface area (Å²) in [6.45, 7) is 0.372. The van der Waals surface area contributed by atoms with Crippen LogP contribution in [0.2, 0.25) is 5.02 Å². The molecule has 2 atom stereocenters. The predicted molar refractivity (Wildman–Crippen MR) is 113 cm³/mol. The second kappa shape index (κ2) is 9.16. The van der Waals surface area contributed by atoms with Crippen molar-refractivity contribution in [2.24, 2.45) is 0 Å². The van der Waals surface area contributed by atoms with Crippen LogP contribution in [0.4, 0.5) is 0 Å². The van der Waals surface area contributed by atoms with Gasteiger partial charge >= 0.3 is 0 Å². The van der Waals surface area contributed by atoms with Gasteiger partial charge in [0.15, 0.2) is 9.84 Å². The van der Waals surface area contributed by atoms with Crippen LogP contribution in [-0.2, 0) is 32.4 Å². The maximum absolute atomic E-state index is 12.8. The van der Waals surface area contributed by atoms with E-state index in [9.17, 15) is 23.1 Å². The van der Waals surface area contributed by atoms with Crippen molar-refractivity contribution >= 4 is 33.3 Å². The summed E-state index contributed by atoms with van der Waals surface area (Å²) >= 11 is 5.86. The Labute approximate surface area is 180 Å². The maximum Gasteiger partial charge on any atom is 0.243 e. The van der Waals surface area contributed by atoms with Crippen molar-refractivity contribution in [3.63, 3.8) is 0 Å². The summed E-state index contributed by atoms with van der Waals surface area (Å²) < 4.78 is 23.1. The Morgan fingerprint density at radius 1 is 1.10 bits per heavy atom. The van der Waals surface area contributed by atoms with E-state index in [1.807, 2.05) is 0 Å². The Hall–Kier alpha value is -2.42. The van der Waals surface area contributed by atoms with Gasteiger partial charge in [-0.1, -0.05) is 35.9 Å². The fourth-order valence-electron chi connectivity index (χ4n) is 3.38. The molecule has 30 heavy (non-hydrogen) atoms. The first-order chi connectivity index (χ1) is 14.1. The molecule has 0 aliphatic carbocycles. The number of β-amino-alcohol motifs (C(OH)–C–C–N with tert-alkyl or cyclic N) is 1. The monoisotopic (exact) mass is 450 g/mol. The van der Waals surface area contributed by atoms with E-state index in [4.69, 9.17) is 11.6 Å². The summed E-state index contributed by atoms with van der Waals surface area (Å²) in [6.07, 6.45) is 0.530. The molecule has 2 amide bonds. The molecule has 0 radical (unpaired) electrons. The highest BCUT2D eigenvalue weighted by Gasteiger charge is 2.38. The predicted octanol–water partition coefficient (Wildman–Crippen LogP) is 1.56. The molecule has 160 valence electrons. The lowest BCUT2D eigenvalue weighted by Gasteiger charge is -2.24. The number of amides is 2. The Morgan fingerprint density at radius 2 is 1.70 bits per heavy atom. The summed E-state index contributed by atoms with van der Waals surface area (Å²) in [5.41, 5.74) is 1.50. The van der Waals surface area contributed by atoms with Crippen LogP contribution in [0.15, 0.2) is 53.4 Å². The van der Waals surface area contributed by atoms with Gasteiger partial charge in [-0.25, -0.2) is 8.42 Å². The van der Waals surface area contributed by atoms with Crippen LogP contribution in [0.5, 0.6) is 0 Å². The van der Waals surface area contributed by atoms with Gasteiger partial charge in [-0.3, -0.25) is 9.59 Å². The largest absolute Gasteiger partial charge is 0.391 e. The lowest BCUT2D eigenvalue weighted by atomic mass is 10.1. The number of aliphatic hydroxyl groups is 1. The zero-order valence-electron chi connectivity index (χ0n) is 16.4. The average molecular weight is 451 g/mol. The van der Waals surface area contributed by atoms with E-state index in [1.165, 1.54) is 17.0 Å². The molecule has 1 heterocycles. The van der Waals surface area contributed by atoms with Gasteiger partial charge in [0.25, 0.3) is 0 Å². The van der Waals surface area contributed by atoms with Crippen LogP contribution in [0.1, 0.15) is 17.5 Å². The third-order valence-electron chi connectivity index (χ3n) is 4.99. The minimum Gasteiger partial charge on any atom is -0.391 e. The summed E-state index contributed by atoms with van der Waals surface area (Å²) in [7, 11) is -3.31. The number of rotatable bonds is 6. The molecule has 1 saturated heterocycles. The number of hydrogen-bond acceptors (Lipinski definition) is 5. The van der Waals surface area contributed by atoms with Gasteiger partial charge in [-0.15, -0.1) is 0 Å². The van der Waals surface area contributed by atoms with Crippen LogP contribution in [0, 0.1) is 0 Å². The Bertz CT molecular complexity index is 1020. The van der Waals surface area contributed by atoms with Gasteiger partial charge in [0, 0.05) is 30.8 Å². The number of hydrogen-bond donors (Lipinski definition) is 2. The van der Waals surface area contributed by atoms with Gasteiger partial charge in [-0.05, 0) is 35.4 Å². The number of benzene rings is 2. The number of carbonyl (C=O) groups is 2. The van der Waals surface area contributed by atoms with E-state index in [2.05, 4.69) is 5.32 Å². The number of sulfone groups is 1. The number of aliphatic hydroxyl groups excluding tert-OH is 1. The molecular formula is C21H23ClN2O5S. The third kappa shape index (κ3) is 5.59. The normalized spacial score (nSPS) is 19.0. The molecule has 2 aromatic carbocycles. The molecule has 1 aliphatic heterocycles. The number of nitrogens with one attached hydrogen (secondary N) is 1. The smallest absolute Gasteiger partial charge is 0.243 e. The van der Waals surface area contributed by atoms with E-state index in [0.717, 1.165) is 11.8 Å². The number of nitrogens with zero attached hydrogens (tertiary/aromatic N) is 1. The molecule has 2 aromatic rings. The highest BCUT2D eigenvalue weighted by atomic mass is 35.5. The number of carbonyl (C=O) groups excluding carboxylic acids is 2. The van der Waals surface area contributed by atoms with E-state index in [1.54, 1.807) is 36.4 Å². The minimum absolute atomic E-state index is 0.0116. The van der Waals surface area contributed by atoms with Crippen LogP contribution < -0.4 is 5.32 Å². The van der Waals surface area contributed by atoms with Gasteiger partial charge in [0.1, 0.15) is 6.04 Å². The summed E-state index contributed by atoms with van der Waals surface area (Å²) in [4.78, 5) is 27.0. The van der Waals surface area contributed by atoms with Crippen molar-refractivity contribution in [3.05, 3.63) is 64.7 Å². The van der Waals surface area contributed by atoms with E-state index in [0.29, 0.717) is 10.6 Å². The average Bonchev–Trinajstić information content (AvgIpc) is 3.09. The molecule has 0 bridgehead atoms. The van der Waals surface area contributed by atoms with Crippen LogP contribution in [0.25, 0.3) is 0 Å². The quantitative estimate of drug-likeness (QED) is 0.695. The highest BCUT2D eigenvalue weighted by Crippen LogP contribution is 2.20. The molecule has 3 rings (SSSR count). The Balaban J connectivity index is 1.63. The topological polar surface area (TPSA) is 104 Å². The van der Waals surface area contributed by atoms with Crippen molar-refractivity contribution < 1.29 is 23.1 Å². The Morgan fingerprint density at radius 3 is 2.30 bits per heavy atom. The standard InChI is InChI=1S/C21H23ClN2O5S/c1-30(28,29)18-8-4-14(5-9-18)10-20(26)24-13-17(25)11-19(24)21(27)23-12-15-2-6-16(22)7-3-15/h2-9,17,19,25H,10-13H2,1H3,(H,23,27)/t17-,19+/m1/s1. The zero-order valence-corrected chi connectivity index (χ0v) is 18.0. The van der Waals surface area contributed by atoms with Gasteiger partial charge in [0.2, 0.25) is 11.8 Å². The molecular weight excluding hydrogens is 428 g/mol. The van der Waals surface area contributed by atoms with Gasteiger partial charge in [-0.2, -0.15) is 0 Å². The highest BCUT2D eigenvalue weighted by molar-refractivity contribution is 7.90. The first-order valence-electron chi connectivity index (χ1n) is 9.42. The molecule has 0 saturated carbocycles. The number of likely N-dealkylation sites (tertiary alicyclic amines) is 1. The first-order valence-corrected chi connectivity index (χ1v) is 11.7. The molecule has 7 nitrogen and oxygen atoms in total. The summed E-state index contributed by atoms with van der Waals surface area (Å²) in [6, 6.07) is 12.4. The van der Waals surface area contributed by atoms with Crippen LogP contribution in [0.3, 0.4) is 0 Å². The first kappa shape index (κ1) is 22.3. The minimum atomic E-state index is -3.31. The molecule has 0 unspecified atom stereocenters. The van der Waals surface area contributed by atoms with Crippen molar-refractivity contribution in [3.8, 4) is 0 Å². The van der Waals surface area contributed by atoms with Crippen molar-refractivity contribution in [2.75, 3.05) is 12.8 Å².